The number of carbonyl (C=O) groups is 1. The van der Waals surface area contributed by atoms with Crippen LogP contribution in [-0.2, 0) is 11.3 Å². The highest BCUT2D eigenvalue weighted by atomic mass is 16.2. The second-order valence-electron chi connectivity index (χ2n) is 7.64. The Kier molecular flexibility index (Phi) is 4.07. The maximum Gasteiger partial charge on any atom is 0.242 e. The summed E-state index contributed by atoms with van der Waals surface area (Å²) in [5.41, 5.74) is 4.56. The van der Waals surface area contributed by atoms with E-state index < -0.39 is 0 Å². The summed E-state index contributed by atoms with van der Waals surface area (Å²) in [5.74, 6) is 1.00. The number of benzene rings is 1. The Bertz CT molecular complexity index is 762. The third-order valence-electron chi connectivity index (χ3n) is 6.11. The van der Waals surface area contributed by atoms with Crippen molar-refractivity contribution in [1.29, 1.82) is 0 Å². The van der Waals surface area contributed by atoms with Gasteiger partial charge in [-0.3, -0.25) is 4.79 Å². The molecule has 1 saturated heterocycles. The van der Waals surface area contributed by atoms with Crippen LogP contribution in [0.2, 0.25) is 0 Å². The quantitative estimate of drug-likeness (QED) is 0.841. The van der Waals surface area contributed by atoms with Crippen molar-refractivity contribution in [2.24, 2.45) is 5.92 Å². The molecule has 2 heterocycles. The molecule has 2 atom stereocenters. The Balaban J connectivity index is 1.56. The molecule has 2 aromatic rings. The standard InChI is InChI=1S/C20H27N3O/c1-14-10-17-19(11-15(14)2)22(13-21-17)12-20(24)23-9-5-7-16-6-3-4-8-18(16)23/h10-11,13,16,18H,3-9,12H2,1-2H3. The molecule has 4 heteroatoms. The molecule has 0 N–H and O–H groups in total. The first-order valence-corrected chi connectivity index (χ1v) is 9.35. The van der Waals surface area contributed by atoms with Gasteiger partial charge in [-0.15, -0.1) is 0 Å². The van der Waals surface area contributed by atoms with Crippen molar-refractivity contribution in [1.82, 2.24) is 14.5 Å². The number of piperidine rings is 1. The zero-order chi connectivity index (χ0) is 16.7. The van der Waals surface area contributed by atoms with E-state index in [1.807, 2.05) is 10.9 Å². The van der Waals surface area contributed by atoms with E-state index in [-0.39, 0.29) is 5.91 Å². The summed E-state index contributed by atoms with van der Waals surface area (Å²) in [6.07, 6.45) is 9.41. The first kappa shape index (κ1) is 15.7. The summed E-state index contributed by atoms with van der Waals surface area (Å²) < 4.78 is 2.02. The second kappa shape index (κ2) is 6.23. The molecule has 1 saturated carbocycles. The van der Waals surface area contributed by atoms with Gasteiger partial charge >= 0.3 is 0 Å². The van der Waals surface area contributed by atoms with E-state index in [0.717, 1.165) is 29.9 Å². The highest BCUT2D eigenvalue weighted by Gasteiger charge is 2.35. The summed E-state index contributed by atoms with van der Waals surface area (Å²) in [4.78, 5) is 19.7. The van der Waals surface area contributed by atoms with Crippen molar-refractivity contribution < 1.29 is 4.79 Å². The molecule has 4 rings (SSSR count). The molecule has 0 spiro atoms. The van der Waals surface area contributed by atoms with E-state index in [0.29, 0.717) is 12.6 Å². The maximum atomic E-state index is 13.0. The van der Waals surface area contributed by atoms with E-state index in [1.165, 1.54) is 43.2 Å². The molecule has 1 aromatic carbocycles. The minimum Gasteiger partial charge on any atom is -0.338 e. The number of fused-ring (bicyclic) bond motifs is 2. The Labute approximate surface area is 143 Å². The smallest absolute Gasteiger partial charge is 0.242 e. The van der Waals surface area contributed by atoms with Gasteiger partial charge in [0.05, 0.1) is 17.4 Å². The molecule has 2 fully saturated rings. The lowest BCUT2D eigenvalue weighted by molar-refractivity contribution is -0.138. The van der Waals surface area contributed by atoms with E-state index in [4.69, 9.17) is 0 Å². The van der Waals surface area contributed by atoms with Gasteiger partial charge in [0.15, 0.2) is 0 Å². The lowest BCUT2D eigenvalue weighted by atomic mass is 9.78. The summed E-state index contributed by atoms with van der Waals surface area (Å²) in [7, 11) is 0. The first-order valence-electron chi connectivity index (χ1n) is 9.35. The number of carbonyl (C=O) groups excluding carboxylic acids is 1. The molecule has 1 aromatic heterocycles. The second-order valence-corrected chi connectivity index (χ2v) is 7.64. The van der Waals surface area contributed by atoms with Gasteiger partial charge in [0.2, 0.25) is 5.91 Å². The molecule has 1 amide bonds. The van der Waals surface area contributed by atoms with E-state index in [2.05, 4.69) is 35.9 Å². The van der Waals surface area contributed by atoms with E-state index in [9.17, 15) is 4.79 Å². The van der Waals surface area contributed by atoms with Crippen molar-refractivity contribution in [3.8, 4) is 0 Å². The number of aryl methyl sites for hydroxylation is 2. The molecule has 24 heavy (non-hydrogen) atoms. The average Bonchev–Trinajstić information content (AvgIpc) is 2.96. The minimum absolute atomic E-state index is 0.268. The van der Waals surface area contributed by atoms with Gasteiger partial charge in [-0.2, -0.15) is 0 Å². The molecule has 1 aliphatic heterocycles. The summed E-state index contributed by atoms with van der Waals surface area (Å²) >= 11 is 0. The molecule has 0 bridgehead atoms. The first-order chi connectivity index (χ1) is 11.6. The van der Waals surface area contributed by atoms with Crippen LogP contribution in [0.5, 0.6) is 0 Å². The predicted octanol–water partition coefficient (Wildman–Crippen LogP) is 3.83. The van der Waals surface area contributed by atoms with Gasteiger partial charge in [0.25, 0.3) is 0 Å². The fourth-order valence-corrected chi connectivity index (χ4v) is 4.61. The Morgan fingerprint density at radius 1 is 1.12 bits per heavy atom. The van der Waals surface area contributed by atoms with Crippen molar-refractivity contribution >= 4 is 16.9 Å². The van der Waals surface area contributed by atoms with Crippen molar-refractivity contribution in [3.05, 3.63) is 29.6 Å². The predicted molar refractivity (Wildman–Crippen MR) is 95.9 cm³/mol. The number of amides is 1. The normalized spacial score (nSPS) is 24.2. The topological polar surface area (TPSA) is 38.1 Å². The molecule has 0 radical (unpaired) electrons. The summed E-state index contributed by atoms with van der Waals surface area (Å²) in [6, 6.07) is 4.76. The van der Waals surface area contributed by atoms with Crippen LogP contribution < -0.4 is 0 Å². The van der Waals surface area contributed by atoms with Crippen LogP contribution in [0, 0.1) is 19.8 Å². The molecule has 128 valence electrons. The van der Waals surface area contributed by atoms with Gasteiger partial charge in [-0.1, -0.05) is 12.8 Å². The zero-order valence-corrected chi connectivity index (χ0v) is 14.8. The monoisotopic (exact) mass is 325 g/mol. The van der Waals surface area contributed by atoms with Gasteiger partial charge in [0.1, 0.15) is 6.54 Å². The third-order valence-corrected chi connectivity index (χ3v) is 6.11. The zero-order valence-electron chi connectivity index (χ0n) is 14.8. The van der Waals surface area contributed by atoms with Crippen LogP contribution in [0.3, 0.4) is 0 Å². The highest BCUT2D eigenvalue weighted by molar-refractivity contribution is 5.81. The molecule has 2 unspecified atom stereocenters. The fourth-order valence-electron chi connectivity index (χ4n) is 4.61. The average molecular weight is 325 g/mol. The van der Waals surface area contributed by atoms with Crippen molar-refractivity contribution in [2.45, 2.75) is 65.0 Å². The van der Waals surface area contributed by atoms with Crippen LogP contribution in [0.1, 0.15) is 49.7 Å². The molecule has 2 aliphatic rings. The number of imidazole rings is 1. The number of hydrogen-bond acceptors (Lipinski definition) is 2. The summed E-state index contributed by atoms with van der Waals surface area (Å²) in [5, 5.41) is 0. The van der Waals surface area contributed by atoms with Crippen LogP contribution >= 0.6 is 0 Å². The van der Waals surface area contributed by atoms with Crippen LogP contribution in [0.25, 0.3) is 11.0 Å². The van der Waals surface area contributed by atoms with Crippen LogP contribution in [0.15, 0.2) is 18.5 Å². The lowest BCUT2D eigenvalue weighted by Gasteiger charge is -2.44. The maximum absolute atomic E-state index is 13.0. The summed E-state index contributed by atoms with van der Waals surface area (Å²) in [6.45, 7) is 5.58. The molecular formula is C20H27N3O. The number of nitrogens with zero attached hydrogens (tertiary/aromatic N) is 3. The molecule has 4 nitrogen and oxygen atoms in total. The molecular weight excluding hydrogens is 298 g/mol. The van der Waals surface area contributed by atoms with Crippen molar-refractivity contribution in [2.75, 3.05) is 6.54 Å². The minimum atomic E-state index is 0.268. The lowest BCUT2D eigenvalue weighted by Crippen LogP contribution is -2.50. The largest absolute Gasteiger partial charge is 0.338 e. The van der Waals surface area contributed by atoms with Crippen LogP contribution in [0.4, 0.5) is 0 Å². The van der Waals surface area contributed by atoms with E-state index >= 15 is 0 Å². The van der Waals surface area contributed by atoms with Crippen LogP contribution in [-0.4, -0.2) is 32.9 Å². The SMILES string of the molecule is Cc1cc2ncn(CC(=O)N3CCCC4CCCCC43)c2cc1C. The molecule has 1 aliphatic carbocycles. The number of hydrogen-bond donors (Lipinski definition) is 0. The highest BCUT2D eigenvalue weighted by Crippen LogP contribution is 2.35. The Morgan fingerprint density at radius 3 is 2.75 bits per heavy atom. The van der Waals surface area contributed by atoms with E-state index in [1.54, 1.807) is 0 Å². The van der Waals surface area contributed by atoms with Gasteiger partial charge < -0.3 is 9.47 Å². The number of likely N-dealkylation sites (tertiary alicyclic amines) is 1. The fraction of sp³-hybridized carbons (Fsp3) is 0.600. The van der Waals surface area contributed by atoms with Gasteiger partial charge in [-0.25, -0.2) is 4.98 Å². The number of rotatable bonds is 2. The van der Waals surface area contributed by atoms with Gasteiger partial charge in [-0.05, 0) is 68.7 Å². The Morgan fingerprint density at radius 2 is 1.88 bits per heavy atom. The van der Waals surface area contributed by atoms with Crippen molar-refractivity contribution in [3.63, 3.8) is 0 Å². The third kappa shape index (κ3) is 2.72. The number of aromatic nitrogens is 2. The van der Waals surface area contributed by atoms with Gasteiger partial charge in [0, 0.05) is 12.6 Å². The Hall–Kier alpha value is -1.84.